The SMILES string of the molecule is O=C(CN1CCC(CCO)C1)N1CCCCC1. The number of piperidine rings is 1. The average molecular weight is 240 g/mol. The Bertz CT molecular complexity index is 252. The van der Waals surface area contributed by atoms with Gasteiger partial charge in [0.1, 0.15) is 0 Å². The van der Waals surface area contributed by atoms with Crippen molar-refractivity contribution in [2.75, 3.05) is 39.3 Å². The van der Waals surface area contributed by atoms with E-state index in [2.05, 4.69) is 4.90 Å². The lowest BCUT2D eigenvalue weighted by Crippen LogP contribution is -2.42. The van der Waals surface area contributed by atoms with Crippen molar-refractivity contribution in [1.29, 1.82) is 0 Å². The van der Waals surface area contributed by atoms with Crippen molar-refractivity contribution >= 4 is 5.91 Å². The summed E-state index contributed by atoms with van der Waals surface area (Å²) in [6.45, 7) is 4.77. The molecule has 1 atom stereocenters. The third kappa shape index (κ3) is 3.68. The average Bonchev–Trinajstić information content (AvgIpc) is 2.78. The number of nitrogens with zero attached hydrogens (tertiary/aromatic N) is 2. The van der Waals surface area contributed by atoms with Crippen molar-refractivity contribution in [3.05, 3.63) is 0 Å². The summed E-state index contributed by atoms with van der Waals surface area (Å²) in [5.41, 5.74) is 0. The summed E-state index contributed by atoms with van der Waals surface area (Å²) in [4.78, 5) is 16.3. The zero-order chi connectivity index (χ0) is 12.1. The van der Waals surface area contributed by atoms with E-state index in [9.17, 15) is 4.79 Å². The van der Waals surface area contributed by atoms with Crippen LogP contribution in [0.5, 0.6) is 0 Å². The molecule has 0 aromatic carbocycles. The van der Waals surface area contributed by atoms with E-state index < -0.39 is 0 Å². The molecule has 0 radical (unpaired) electrons. The minimum absolute atomic E-state index is 0.276. The fraction of sp³-hybridized carbons (Fsp3) is 0.923. The van der Waals surface area contributed by atoms with E-state index in [1.165, 1.54) is 19.3 Å². The molecule has 0 aromatic rings. The fourth-order valence-corrected chi connectivity index (χ4v) is 2.91. The molecule has 2 aliphatic rings. The summed E-state index contributed by atoms with van der Waals surface area (Å²) in [6, 6.07) is 0. The normalized spacial score (nSPS) is 26.4. The summed E-state index contributed by atoms with van der Waals surface area (Å²) in [7, 11) is 0. The van der Waals surface area contributed by atoms with Gasteiger partial charge in [0.2, 0.25) is 5.91 Å². The van der Waals surface area contributed by atoms with Crippen LogP contribution >= 0.6 is 0 Å². The van der Waals surface area contributed by atoms with Gasteiger partial charge in [-0.05, 0) is 44.6 Å². The fourth-order valence-electron chi connectivity index (χ4n) is 2.91. The topological polar surface area (TPSA) is 43.8 Å². The molecule has 4 nitrogen and oxygen atoms in total. The van der Waals surface area contributed by atoms with Crippen molar-refractivity contribution in [3.63, 3.8) is 0 Å². The summed E-state index contributed by atoms with van der Waals surface area (Å²) in [5.74, 6) is 0.892. The molecule has 4 heteroatoms. The maximum Gasteiger partial charge on any atom is 0.236 e. The molecule has 1 N–H and O–H groups in total. The van der Waals surface area contributed by atoms with E-state index in [1.54, 1.807) is 0 Å². The first-order chi connectivity index (χ1) is 8.29. The van der Waals surface area contributed by atoms with E-state index in [4.69, 9.17) is 5.11 Å². The Kier molecular flexibility index (Phi) is 4.80. The highest BCUT2D eigenvalue weighted by atomic mass is 16.3. The van der Waals surface area contributed by atoms with Crippen LogP contribution in [-0.2, 0) is 4.79 Å². The molecule has 0 spiro atoms. The molecule has 0 bridgehead atoms. The number of likely N-dealkylation sites (tertiary alicyclic amines) is 2. The molecular formula is C13H24N2O2. The largest absolute Gasteiger partial charge is 0.396 e. The maximum absolute atomic E-state index is 12.1. The second-order valence-electron chi connectivity index (χ2n) is 5.34. The van der Waals surface area contributed by atoms with Gasteiger partial charge in [0.05, 0.1) is 6.54 Å². The number of aliphatic hydroxyl groups is 1. The van der Waals surface area contributed by atoms with E-state index in [1.807, 2.05) is 4.90 Å². The number of carbonyl (C=O) groups excluding carboxylic acids is 1. The van der Waals surface area contributed by atoms with Crippen LogP contribution < -0.4 is 0 Å². The van der Waals surface area contributed by atoms with E-state index >= 15 is 0 Å². The molecule has 1 unspecified atom stereocenters. The number of hydrogen-bond donors (Lipinski definition) is 1. The summed E-state index contributed by atoms with van der Waals surface area (Å²) in [5, 5.41) is 8.90. The Morgan fingerprint density at radius 2 is 1.94 bits per heavy atom. The minimum atomic E-state index is 0.276. The number of rotatable bonds is 4. The molecule has 2 fully saturated rings. The quantitative estimate of drug-likeness (QED) is 0.787. The van der Waals surface area contributed by atoms with Crippen LogP contribution in [0, 0.1) is 5.92 Å². The number of amides is 1. The van der Waals surface area contributed by atoms with Gasteiger partial charge in [0, 0.05) is 26.2 Å². The van der Waals surface area contributed by atoms with Gasteiger partial charge in [-0.25, -0.2) is 0 Å². The highest BCUT2D eigenvalue weighted by molar-refractivity contribution is 5.78. The van der Waals surface area contributed by atoms with Crippen LogP contribution in [-0.4, -0.2) is 60.1 Å². The number of carbonyl (C=O) groups is 1. The first-order valence-corrected chi connectivity index (χ1v) is 6.90. The first-order valence-electron chi connectivity index (χ1n) is 6.90. The molecule has 98 valence electrons. The smallest absolute Gasteiger partial charge is 0.236 e. The molecule has 0 saturated carbocycles. The zero-order valence-corrected chi connectivity index (χ0v) is 10.6. The standard InChI is InChI=1S/C13H24N2O2/c16-9-5-12-4-8-14(10-12)11-13(17)15-6-2-1-3-7-15/h12,16H,1-11H2. The predicted molar refractivity (Wildman–Crippen MR) is 66.7 cm³/mol. The lowest BCUT2D eigenvalue weighted by molar-refractivity contribution is -0.133. The van der Waals surface area contributed by atoms with Crippen molar-refractivity contribution in [3.8, 4) is 0 Å². The highest BCUT2D eigenvalue weighted by Crippen LogP contribution is 2.19. The van der Waals surface area contributed by atoms with Gasteiger partial charge in [-0.15, -0.1) is 0 Å². The Balaban J connectivity index is 1.71. The van der Waals surface area contributed by atoms with Crippen LogP contribution in [0.25, 0.3) is 0 Å². The van der Waals surface area contributed by atoms with Crippen LogP contribution in [0.1, 0.15) is 32.1 Å². The zero-order valence-electron chi connectivity index (χ0n) is 10.6. The Morgan fingerprint density at radius 1 is 1.18 bits per heavy atom. The van der Waals surface area contributed by atoms with Crippen molar-refractivity contribution in [2.24, 2.45) is 5.92 Å². The van der Waals surface area contributed by atoms with Gasteiger partial charge in [0.15, 0.2) is 0 Å². The molecule has 2 saturated heterocycles. The van der Waals surface area contributed by atoms with Crippen molar-refractivity contribution in [1.82, 2.24) is 9.80 Å². The van der Waals surface area contributed by atoms with Crippen molar-refractivity contribution < 1.29 is 9.90 Å². The van der Waals surface area contributed by atoms with Gasteiger partial charge in [-0.3, -0.25) is 9.69 Å². The lowest BCUT2D eigenvalue weighted by Gasteiger charge is -2.28. The monoisotopic (exact) mass is 240 g/mol. The van der Waals surface area contributed by atoms with Gasteiger partial charge in [0.25, 0.3) is 0 Å². The Hall–Kier alpha value is -0.610. The minimum Gasteiger partial charge on any atom is -0.396 e. The van der Waals surface area contributed by atoms with Crippen LogP contribution in [0.15, 0.2) is 0 Å². The third-order valence-corrected chi connectivity index (χ3v) is 3.97. The predicted octanol–water partition coefficient (Wildman–Crippen LogP) is 0.703. The van der Waals surface area contributed by atoms with Gasteiger partial charge in [-0.2, -0.15) is 0 Å². The molecule has 1 amide bonds. The second kappa shape index (κ2) is 6.36. The lowest BCUT2D eigenvalue weighted by atomic mass is 10.1. The molecule has 17 heavy (non-hydrogen) atoms. The maximum atomic E-state index is 12.1. The Labute approximate surface area is 104 Å². The first kappa shape index (κ1) is 12.8. The molecule has 0 aliphatic carbocycles. The van der Waals surface area contributed by atoms with E-state index in [0.29, 0.717) is 18.4 Å². The van der Waals surface area contributed by atoms with Crippen LogP contribution in [0.2, 0.25) is 0 Å². The highest BCUT2D eigenvalue weighted by Gasteiger charge is 2.25. The number of aliphatic hydroxyl groups excluding tert-OH is 1. The molecule has 2 rings (SSSR count). The van der Waals surface area contributed by atoms with Crippen molar-refractivity contribution in [2.45, 2.75) is 32.1 Å². The summed E-state index contributed by atoms with van der Waals surface area (Å²) < 4.78 is 0. The van der Waals surface area contributed by atoms with Crippen LogP contribution in [0.3, 0.4) is 0 Å². The number of hydrogen-bond acceptors (Lipinski definition) is 3. The van der Waals surface area contributed by atoms with E-state index in [-0.39, 0.29) is 6.61 Å². The molecule has 0 aromatic heterocycles. The molecule has 2 aliphatic heterocycles. The third-order valence-electron chi connectivity index (χ3n) is 3.97. The molecular weight excluding hydrogens is 216 g/mol. The van der Waals surface area contributed by atoms with Gasteiger partial charge >= 0.3 is 0 Å². The van der Waals surface area contributed by atoms with Gasteiger partial charge in [-0.1, -0.05) is 0 Å². The van der Waals surface area contributed by atoms with Gasteiger partial charge < -0.3 is 10.0 Å². The van der Waals surface area contributed by atoms with E-state index in [0.717, 1.165) is 39.0 Å². The summed E-state index contributed by atoms with van der Waals surface area (Å²) >= 11 is 0. The molecule has 2 heterocycles. The Morgan fingerprint density at radius 3 is 2.65 bits per heavy atom. The second-order valence-corrected chi connectivity index (χ2v) is 5.34. The van der Waals surface area contributed by atoms with Crippen LogP contribution in [0.4, 0.5) is 0 Å². The summed E-state index contributed by atoms with van der Waals surface area (Å²) in [6.07, 6.45) is 5.62.